The molecular formula is C104H150B3N15O19. The summed E-state index contributed by atoms with van der Waals surface area (Å²) in [5.41, 5.74) is 1.64. The van der Waals surface area contributed by atoms with Crippen LogP contribution in [0.2, 0.25) is 0 Å². The molecule has 6 aliphatic carbocycles. The molecule has 3 aromatic carbocycles. The summed E-state index contributed by atoms with van der Waals surface area (Å²) in [5.74, 6) is -0.595. The predicted molar refractivity (Wildman–Crippen MR) is 530 cm³/mol. The quantitative estimate of drug-likeness (QED) is 0.0121. The molecule has 5 N–H and O–H groups in total. The number of benzene rings is 3. The van der Waals surface area contributed by atoms with Gasteiger partial charge in [-0.25, -0.2) is 21.0 Å². The molecule has 0 unspecified atom stereocenters. The third kappa shape index (κ3) is 25.4. The van der Waals surface area contributed by atoms with Gasteiger partial charge in [0.1, 0.15) is 47.9 Å². The number of piperidine rings is 3. The van der Waals surface area contributed by atoms with Crippen LogP contribution in [-0.4, -0.2) is 376 Å². The first-order valence-electron chi connectivity index (χ1n) is 51.6. The summed E-state index contributed by atoms with van der Waals surface area (Å²) < 4.78 is 59.7. The van der Waals surface area contributed by atoms with Gasteiger partial charge in [-0.3, -0.25) is 43.8 Å². The molecule has 4 bridgehead atoms. The Morgan fingerprint density at radius 1 is 0.489 bits per heavy atom. The van der Waals surface area contributed by atoms with E-state index in [1.807, 2.05) is 125 Å². The van der Waals surface area contributed by atoms with Crippen LogP contribution in [0, 0.1) is 63.7 Å². The van der Waals surface area contributed by atoms with Crippen molar-refractivity contribution in [2.24, 2.45) is 34.5 Å². The Bertz CT molecular complexity index is 4960. The van der Waals surface area contributed by atoms with Gasteiger partial charge in [0, 0.05) is 109 Å². The Hall–Kier alpha value is -8.91. The maximum Gasteiger partial charge on any atom is 0.482 e. The number of amides is 6. The lowest BCUT2D eigenvalue weighted by atomic mass is 9.43. The maximum atomic E-state index is 13.7. The van der Waals surface area contributed by atoms with E-state index in [2.05, 4.69) is 118 Å². The van der Waals surface area contributed by atoms with Gasteiger partial charge in [0.25, 0.3) is 18.4 Å². The number of aldehydes is 1. The third-order valence-corrected chi connectivity index (χ3v) is 33.6. The average molecular weight is 1950 g/mol. The van der Waals surface area contributed by atoms with Crippen molar-refractivity contribution in [2.75, 3.05) is 164 Å². The van der Waals surface area contributed by atoms with E-state index in [-0.39, 0.29) is 89.1 Å². The van der Waals surface area contributed by atoms with Crippen LogP contribution in [-0.2, 0) is 85.5 Å². The predicted octanol–water partition coefficient (Wildman–Crippen LogP) is 7.88. The molecule has 0 spiro atoms. The SMILES string of the molecule is CC(C)(C=C(C#N)C(=O)N1CCC[C@H](OC(=O)N[C@@H](Cc2ccccc2)B(O)O)C1)N1CCN(C2COC2)CC1.CC(C)(C=O)N1CCN(C2COC2)CC1.CC1(C)[C@@H]2C[C@H]3OB([C@H](Cc4ccccc4)NC(=O)O[C@H]4CCCN(C(=O)C(C#N)=CC(C)(C)N5CCN(C6COC6)CC5)C4)O[C@@]3(C)[C@H]1C2.[C-]#[N+]CC(=O)N1CCC[C@H](OC(=O)N[C@@H](Cc2ccccc2)B2O[C@@H]3C[C@@H]4C[C@@H](C4(C)C)[C@]3(C)O2)C1. The van der Waals surface area contributed by atoms with Gasteiger partial charge in [0.15, 0.2) is 0 Å². The first-order chi connectivity index (χ1) is 67.4. The number of ether oxygens (including phenoxy) is 6. The number of piperazine rings is 3. The molecule has 11 saturated heterocycles. The summed E-state index contributed by atoms with van der Waals surface area (Å²) in [5, 5.41) is 48.1. The average Bonchev–Trinajstić information content (AvgIpc) is 1.60. The van der Waals surface area contributed by atoms with Crippen LogP contribution in [0.15, 0.2) is 114 Å². The number of carbonyl (C=O) groups is 7. The summed E-state index contributed by atoms with van der Waals surface area (Å²) in [6.07, 6.45) is 10.8. The van der Waals surface area contributed by atoms with Gasteiger partial charge in [-0.05, 0) is 202 Å². The van der Waals surface area contributed by atoms with Gasteiger partial charge >= 0.3 is 45.5 Å². The molecule has 6 saturated carbocycles. The number of hydrogen-bond donors (Lipinski definition) is 5. The topological polar surface area (TPSA) is 369 Å². The second kappa shape index (κ2) is 46.2. The van der Waals surface area contributed by atoms with Gasteiger partial charge in [-0.15, -0.1) is 0 Å². The highest BCUT2D eigenvalue weighted by Gasteiger charge is 2.70. The van der Waals surface area contributed by atoms with E-state index < -0.39 is 92.4 Å². The summed E-state index contributed by atoms with van der Waals surface area (Å²) >= 11 is 0. The van der Waals surface area contributed by atoms with Crippen molar-refractivity contribution in [3.8, 4) is 12.1 Å². The highest BCUT2D eigenvalue weighted by atomic mass is 16.7. The second-order valence-corrected chi connectivity index (χ2v) is 44.6. The molecule has 11 aliphatic heterocycles. The highest BCUT2D eigenvalue weighted by molar-refractivity contribution is 6.48. The normalized spacial score (nSPS) is 29.0. The molecule has 34 nitrogen and oxygen atoms in total. The lowest BCUT2D eigenvalue weighted by Gasteiger charge is -2.64. The number of carbonyl (C=O) groups excluding carboxylic acids is 7. The van der Waals surface area contributed by atoms with E-state index >= 15 is 0 Å². The molecule has 0 aromatic heterocycles. The molecule has 17 fully saturated rings. The zero-order valence-electron chi connectivity index (χ0n) is 84.9. The fourth-order valence-corrected chi connectivity index (χ4v) is 24.2. The summed E-state index contributed by atoms with van der Waals surface area (Å²) in [6.45, 7) is 51.1. The maximum absolute atomic E-state index is 13.7. The van der Waals surface area contributed by atoms with Crippen molar-refractivity contribution in [3.05, 3.63) is 142 Å². The number of rotatable bonds is 27. The minimum absolute atomic E-state index is 0.00214. The Morgan fingerprint density at radius 3 is 1.14 bits per heavy atom. The van der Waals surface area contributed by atoms with E-state index in [1.165, 1.54) is 6.42 Å². The minimum atomic E-state index is -1.76. The Kier molecular flexibility index (Phi) is 34.9. The number of hydrogen-bond acceptors (Lipinski definition) is 27. The minimum Gasteiger partial charge on any atom is -0.444 e. The monoisotopic (exact) mass is 1950 g/mol. The Balaban J connectivity index is 0.000000150. The van der Waals surface area contributed by atoms with Crippen molar-refractivity contribution in [2.45, 2.75) is 261 Å². The molecule has 11 heterocycles. The van der Waals surface area contributed by atoms with Gasteiger partial charge in [-0.1, -0.05) is 119 Å². The molecule has 37 heteroatoms. The van der Waals surface area contributed by atoms with E-state index in [0.717, 1.165) is 167 Å². The standard InChI is InChI=1S/C38H54BN5O6.C28H40BN5O6.C27H36BN3O5.C11H20N2O2/c1-36(2,44-16-14-42(15-17-44)29-24-47-25-29)21-27(22-40)34(45)43-13-9-12-30(23-43)48-35(46)41-33(18-26-10-7-6-8-11-26)39-49-32-20-28-19-31(37(28,3)4)38(32,5)50-39;1-28(2,34-13-11-32(12-14-34)23-19-39-20-23)16-22(17-30)26(35)33-10-6-9-24(18-33)40-27(36)31-25(29(37)38)15-21-7-4-3-5-8-21;1-26(2)19-14-21(26)27(3)22(15-19)35-28(36-27)23(13-18-9-6-5-7-10-18)30-25(33)34-20-11-8-12-31(17-20)24(32)16-29-4;1-11(2,9-14)13-5-3-12(4-6-13)10-7-15-8-10/h6-8,10-11,21,28-33H,9,12-20,23-25H2,1-5H3,(H,41,46);3-5,7-8,16,23-25,37-38H,6,9-15,18-20H2,1-2H3,(H,31,36);5-7,9-10,19-23H,8,11-17H2,1-3H3,(H,30,33);9-10H,3-8H2,1-2H3/t28-,30-,31-,32+,33-,38-;24-,25-;19-,20-,21-,22+,23-,27-;/m000./s1. The van der Waals surface area contributed by atoms with E-state index in [9.17, 15) is 54.1 Å². The van der Waals surface area contributed by atoms with Crippen LogP contribution in [0.25, 0.3) is 4.85 Å². The molecule has 3 aromatic rings. The first kappa shape index (κ1) is 106. The first-order valence-corrected chi connectivity index (χ1v) is 51.6. The van der Waals surface area contributed by atoms with Crippen LogP contribution in [0.4, 0.5) is 14.4 Å². The lowest BCUT2D eigenvalue weighted by Crippen LogP contribution is -2.65. The summed E-state index contributed by atoms with van der Waals surface area (Å²) in [4.78, 5) is 112. The summed E-state index contributed by atoms with van der Waals surface area (Å²) in [7, 11) is -2.93. The van der Waals surface area contributed by atoms with E-state index in [0.29, 0.717) is 113 Å². The van der Waals surface area contributed by atoms with Crippen molar-refractivity contribution in [1.82, 2.24) is 60.0 Å². The van der Waals surface area contributed by atoms with Gasteiger partial charge in [-0.2, -0.15) is 10.5 Å². The van der Waals surface area contributed by atoms with Crippen molar-refractivity contribution in [1.29, 1.82) is 10.5 Å². The van der Waals surface area contributed by atoms with E-state index in [1.54, 1.807) is 20.8 Å². The van der Waals surface area contributed by atoms with Crippen LogP contribution in [0.5, 0.6) is 0 Å². The molecule has 0 radical (unpaired) electrons. The van der Waals surface area contributed by atoms with Gasteiger partial charge in [0.2, 0.25) is 0 Å². The molecule has 20 rings (SSSR count). The third-order valence-electron chi connectivity index (χ3n) is 33.6. The number of nitrogens with zero attached hydrogens (tertiary/aromatic N) is 12. The molecule has 764 valence electrons. The number of alkyl carbamates (subject to hydrolysis) is 3. The zero-order chi connectivity index (χ0) is 100. The summed E-state index contributed by atoms with van der Waals surface area (Å²) in [6, 6.07) is 35.1. The van der Waals surface area contributed by atoms with Crippen LogP contribution in [0.1, 0.15) is 164 Å². The van der Waals surface area contributed by atoms with Gasteiger partial charge in [0.05, 0.1) is 124 Å². The lowest BCUT2D eigenvalue weighted by molar-refractivity contribution is -0.199. The number of likely N-dealkylation sites (tertiary alicyclic amines) is 3. The Morgan fingerprint density at radius 2 is 0.823 bits per heavy atom. The number of nitriles is 2. The molecule has 6 amide bonds. The largest absolute Gasteiger partial charge is 0.482 e. The fraction of sp³-hybridized carbons (Fsp3) is 0.692. The second-order valence-electron chi connectivity index (χ2n) is 44.6. The van der Waals surface area contributed by atoms with Crippen molar-refractivity contribution >= 4 is 63.6 Å². The van der Waals surface area contributed by atoms with E-state index in [4.69, 9.17) is 53.6 Å². The van der Waals surface area contributed by atoms with Gasteiger partial charge < -0.3 is 97.4 Å². The van der Waals surface area contributed by atoms with Crippen molar-refractivity contribution < 1.29 is 90.6 Å². The highest BCUT2D eigenvalue weighted by Crippen LogP contribution is 2.67. The fourth-order valence-electron chi connectivity index (χ4n) is 24.2. The van der Waals surface area contributed by atoms with Crippen molar-refractivity contribution in [3.63, 3.8) is 0 Å². The van der Waals surface area contributed by atoms with Crippen LogP contribution in [0.3, 0.4) is 0 Å². The molecule has 141 heavy (non-hydrogen) atoms. The molecule has 14 atom stereocenters. The molecule has 17 aliphatic rings. The van der Waals surface area contributed by atoms with Crippen LogP contribution < -0.4 is 16.0 Å². The zero-order valence-corrected chi connectivity index (χ0v) is 84.9. The van der Waals surface area contributed by atoms with Crippen LogP contribution >= 0.6 is 0 Å². The Labute approximate surface area is 834 Å². The number of nitrogens with one attached hydrogen (secondary N) is 3. The smallest absolute Gasteiger partial charge is 0.444 e. The molecular weight excluding hydrogens is 1800 g/mol.